The van der Waals surface area contributed by atoms with Gasteiger partial charge in [-0.3, -0.25) is 0 Å². The van der Waals surface area contributed by atoms with E-state index < -0.39 is 47.0 Å². The summed E-state index contributed by atoms with van der Waals surface area (Å²) in [5.41, 5.74) is 0. The first-order valence-electron chi connectivity index (χ1n) is 5.19. The second kappa shape index (κ2) is 5.83. The van der Waals surface area contributed by atoms with Crippen LogP contribution >= 0.6 is 12.6 Å². The summed E-state index contributed by atoms with van der Waals surface area (Å²) in [6.45, 7) is 0. The lowest BCUT2D eigenvalue weighted by atomic mass is 9.91. The van der Waals surface area contributed by atoms with Crippen molar-refractivity contribution >= 4 is 12.6 Å². The quantitative estimate of drug-likeness (QED) is 0.391. The maximum absolute atomic E-state index is 12.9. The fraction of sp³-hybridized carbons (Fsp3) is 1.00. The average Bonchev–Trinajstić information content (AvgIpc) is 2.34. The van der Waals surface area contributed by atoms with E-state index in [0.29, 0.717) is 0 Å². The fourth-order valence-electron chi connectivity index (χ4n) is 1.16. The van der Waals surface area contributed by atoms with Gasteiger partial charge in [0.05, 0.1) is 0 Å². The zero-order valence-corrected chi connectivity index (χ0v) is 11.8. The van der Waals surface area contributed by atoms with Crippen molar-refractivity contribution in [3.05, 3.63) is 0 Å². The van der Waals surface area contributed by atoms with Crippen LogP contribution in [0.4, 0.5) is 74.6 Å². The highest BCUT2D eigenvalue weighted by molar-refractivity contribution is 7.81. The molecular formula is C8HF17S. The van der Waals surface area contributed by atoms with E-state index in [1.54, 1.807) is 0 Å². The highest BCUT2D eigenvalue weighted by Crippen LogP contribution is 2.64. The first kappa shape index (κ1) is 25.2. The Hall–Kier alpha value is -0.840. The molecule has 1 atom stereocenters. The summed E-state index contributed by atoms with van der Waals surface area (Å²) in [7, 11) is 0. The van der Waals surface area contributed by atoms with E-state index in [1.165, 1.54) is 12.6 Å². The molecule has 0 N–H and O–H groups in total. The topological polar surface area (TPSA) is 0 Å². The van der Waals surface area contributed by atoms with Crippen LogP contribution in [0.15, 0.2) is 0 Å². The zero-order chi connectivity index (χ0) is 22.0. The number of rotatable bonds is 5. The molecule has 0 nitrogen and oxygen atoms in total. The molecule has 158 valence electrons. The van der Waals surface area contributed by atoms with Crippen LogP contribution < -0.4 is 0 Å². The molecular weight excluding hydrogens is 451 g/mol. The maximum atomic E-state index is 12.9. The van der Waals surface area contributed by atoms with Gasteiger partial charge in [0.2, 0.25) is 0 Å². The minimum atomic E-state index is -8.53. The van der Waals surface area contributed by atoms with Gasteiger partial charge in [0.15, 0.2) is 0 Å². The third-order valence-electron chi connectivity index (χ3n) is 2.73. The van der Waals surface area contributed by atoms with Gasteiger partial charge in [0, 0.05) is 0 Å². The Kier molecular flexibility index (Phi) is 5.64. The molecule has 1 unspecified atom stereocenters. The van der Waals surface area contributed by atoms with Gasteiger partial charge >= 0.3 is 47.0 Å². The highest BCUT2D eigenvalue weighted by atomic mass is 32.1. The molecule has 0 rings (SSSR count). The normalized spacial score (nSPS) is 18.7. The summed E-state index contributed by atoms with van der Waals surface area (Å²) in [5, 5.41) is -7.03. The third kappa shape index (κ3) is 2.94. The molecule has 0 aromatic heterocycles. The molecule has 18 heteroatoms. The molecule has 0 aromatic rings. The van der Waals surface area contributed by atoms with Crippen LogP contribution in [0.3, 0.4) is 0 Å². The Balaban J connectivity index is 6.61. The van der Waals surface area contributed by atoms with Gasteiger partial charge in [0.25, 0.3) is 0 Å². The summed E-state index contributed by atoms with van der Waals surface area (Å²) in [5.74, 6) is -41.6. The minimum Gasteiger partial charge on any atom is -0.215 e. The van der Waals surface area contributed by atoms with Gasteiger partial charge in [-0.2, -0.15) is 70.2 Å². The van der Waals surface area contributed by atoms with E-state index in [4.69, 9.17) is 0 Å². The molecule has 0 saturated heterocycles. The number of hydrogen-bond acceptors (Lipinski definition) is 1. The summed E-state index contributed by atoms with van der Waals surface area (Å²) in [6, 6.07) is 0. The van der Waals surface area contributed by atoms with Crippen molar-refractivity contribution in [3.63, 3.8) is 0 Å². The van der Waals surface area contributed by atoms with Crippen molar-refractivity contribution in [2.45, 2.75) is 47.0 Å². The van der Waals surface area contributed by atoms with E-state index in [1.807, 2.05) is 0 Å². The Morgan fingerprint density at radius 3 is 0.769 bits per heavy atom. The van der Waals surface area contributed by atoms with Crippen molar-refractivity contribution in [1.82, 2.24) is 0 Å². The fourth-order valence-corrected chi connectivity index (χ4v) is 1.30. The standard InChI is InChI=1S/C8HF17S/c9-1(10,3(13,14)5(17,18)7(20,21)22)2(11,12)4(15,16)6(19,26)8(23,24)25/h26H. The predicted octanol–water partition coefficient (Wildman–Crippen LogP) is 5.88. The molecule has 0 spiro atoms. The van der Waals surface area contributed by atoms with Crippen molar-refractivity contribution < 1.29 is 74.6 Å². The molecule has 0 saturated carbocycles. The monoisotopic (exact) mass is 452 g/mol. The van der Waals surface area contributed by atoms with Gasteiger partial charge in [-0.25, -0.2) is 4.39 Å². The van der Waals surface area contributed by atoms with Crippen molar-refractivity contribution in [2.24, 2.45) is 0 Å². The van der Waals surface area contributed by atoms with Crippen molar-refractivity contribution in [3.8, 4) is 0 Å². The van der Waals surface area contributed by atoms with Gasteiger partial charge < -0.3 is 0 Å². The molecule has 0 aliphatic carbocycles. The minimum absolute atomic E-state index is 1.29. The summed E-state index contributed by atoms with van der Waals surface area (Å²) in [6.07, 6.45) is -15.0. The lowest BCUT2D eigenvalue weighted by Crippen LogP contribution is -2.73. The Morgan fingerprint density at radius 2 is 0.538 bits per heavy atom. The van der Waals surface area contributed by atoms with Crippen LogP contribution in [0.1, 0.15) is 0 Å². The molecule has 0 heterocycles. The lowest BCUT2D eigenvalue weighted by Gasteiger charge is -2.42. The smallest absolute Gasteiger partial charge is 0.215 e. The molecule has 0 bridgehead atoms. The van der Waals surface area contributed by atoms with E-state index in [-0.39, 0.29) is 0 Å². The zero-order valence-electron chi connectivity index (χ0n) is 10.9. The van der Waals surface area contributed by atoms with Crippen LogP contribution in [0.2, 0.25) is 0 Å². The predicted molar refractivity (Wildman–Crippen MR) is 49.7 cm³/mol. The summed E-state index contributed by atoms with van der Waals surface area (Å²) < 4.78 is 212. The van der Waals surface area contributed by atoms with Gasteiger partial charge in [0.1, 0.15) is 0 Å². The van der Waals surface area contributed by atoms with Crippen LogP contribution in [-0.4, -0.2) is 47.0 Å². The maximum Gasteiger partial charge on any atom is 0.460 e. The largest absolute Gasteiger partial charge is 0.460 e. The number of thiol groups is 1. The van der Waals surface area contributed by atoms with Crippen molar-refractivity contribution in [2.75, 3.05) is 0 Å². The molecule has 0 aromatic carbocycles. The summed E-state index contributed by atoms with van der Waals surface area (Å²) in [4.78, 5) is 0. The number of hydrogen-bond donors (Lipinski definition) is 1. The first-order chi connectivity index (χ1) is 10.8. The van der Waals surface area contributed by atoms with Crippen LogP contribution in [0.25, 0.3) is 0 Å². The van der Waals surface area contributed by atoms with Gasteiger partial charge in [-0.15, -0.1) is 12.6 Å². The van der Waals surface area contributed by atoms with Crippen molar-refractivity contribution in [1.29, 1.82) is 0 Å². The SMILES string of the molecule is FC(F)(F)C(F)(F)C(F)(F)C(F)(F)C(F)(F)C(F)(F)C(F)(S)C(F)(F)F. The second-order valence-corrected chi connectivity index (χ2v) is 5.11. The van der Waals surface area contributed by atoms with Crippen LogP contribution in [0.5, 0.6) is 0 Å². The third-order valence-corrected chi connectivity index (χ3v) is 3.26. The number of halogens is 17. The van der Waals surface area contributed by atoms with E-state index >= 15 is 0 Å². The second-order valence-electron chi connectivity index (χ2n) is 4.49. The summed E-state index contributed by atoms with van der Waals surface area (Å²) >= 11 is 1.29. The van der Waals surface area contributed by atoms with Gasteiger partial charge in [-0.1, -0.05) is 0 Å². The average molecular weight is 452 g/mol. The number of alkyl halides is 17. The van der Waals surface area contributed by atoms with E-state index in [9.17, 15) is 74.6 Å². The van der Waals surface area contributed by atoms with Crippen LogP contribution in [0, 0.1) is 0 Å². The lowest BCUT2D eigenvalue weighted by molar-refractivity contribution is -0.450. The van der Waals surface area contributed by atoms with Gasteiger partial charge in [-0.05, 0) is 0 Å². The van der Waals surface area contributed by atoms with E-state index in [0.717, 1.165) is 0 Å². The molecule has 26 heavy (non-hydrogen) atoms. The Morgan fingerprint density at radius 1 is 0.308 bits per heavy atom. The molecule has 0 fully saturated rings. The molecule has 0 amide bonds. The molecule has 0 radical (unpaired) electrons. The Bertz CT molecular complexity index is 474. The van der Waals surface area contributed by atoms with Crippen LogP contribution in [-0.2, 0) is 0 Å². The Labute approximate surface area is 135 Å². The van der Waals surface area contributed by atoms with E-state index in [2.05, 4.69) is 0 Å². The highest BCUT2D eigenvalue weighted by Gasteiger charge is 2.94. The molecule has 0 aliphatic heterocycles. The first-order valence-corrected chi connectivity index (χ1v) is 5.63. The molecule has 0 aliphatic rings.